The maximum atomic E-state index is 12.5. The minimum absolute atomic E-state index is 0.0648. The molecule has 5 nitrogen and oxygen atoms in total. The third-order valence-corrected chi connectivity index (χ3v) is 5.87. The Morgan fingerprint density at radius 2 is 1.67 bits per heavy atom. The second-order valence-corrected chi connectivity index (χ2v) is 7.90. The van der Waals surface area contributed by atoms with Crippen LogP contribution in [0.3, 0.4) is 0 Å². The van der Waals surface area contributed by atoms with E-state index >= 15 is 0 Å². The van der Waals surface area contributed by atoms with Crippen LogP contribution in [0.25, 0.3) is 0 Å². The fourth-order valence-corrected chi connectivity index (χ4v) is 4.20. The van der Waals surface area contributed by atoms with Gasteiger partial charge in [0.1, 0.15) is 0 Å². The van der Waals surface area contributed by atoms with Crippen molar-refractivity contribution < 1.29 is 9.59 Å². The Labute approximate surface area is 163 Å². The minimum Gasteiger partial charge on any atom is -0.368 e. The molecular weight excluding hydrogens is 338 g/mol. The zero-order valence-corrected chi connectivity index (χ0v) is 16.6. The topological polar surface area (TPSA) is 52.7 Å². The van der Waals surface area contributed by atoms with Gasteiger partial charge < -0.3 is 15.1 Å². The van der Waals surface area contributed by atoms with E-state index < -0.39 is 0 Å². The molecule has 2 fully saturated rings. The normalized spacial score (nSPS) is 18.0. The van der Waals surface area contributed by atoms with Gasteiger partial charge in [-0.05, 0) is 43.0 Å². The van der Waals surface area contributed by atoms with Crippen molar-refractivity contribution in [3.05, 3.63) is 24.3 Å². The highest BCUT2D eigenvalue weighted by Gasteiger charge is 2.23. The van der Waals surface area contributed by atoms with Gasteiger partial charge in [-0.15, -0.1) is 0 Å². The molecule has 1 aliphatic heterocycles. The standard InChI is InChI=1S/C22H33N3O2/c1-2-5-21(26)23-19-9-11-20(12-10-19)24-14-16-25(17-15-24)22(27)13-8-18-6-3-4-7-18/h9-12,18H,2-8,13-17H2,1H3,(H,23,26). The molecule has 3 rings (SSSR count). The molecule has 1 N–H and O–H groups in total. The molecule has 0 unspecified atom stereocenters. The summed E-state index contributed by atoms with van der Waals surface area (Å²) in [5.41, 5.74) is 2.00. The summed E-state index contributed by atoms with van der Waals surface area (Å²) in [7, 11) is 0. The van der Waals surface area contributed by atoms with Crippen LogP contribution in [0.15, 0.2) is 24.3 Å². The third-order valence-electron chi connectivity index (χ3n) is 5.87. The van der Waals surface area contributed by atoms with Crippen LogP contribution in [0.5, 0.6) is 0 Å². The highest BCUT2D eigenvalue weighted by atomic mass is 16.2. The summed E-state index contributed by atoms with van der Waals surface area (Å²) in [5.74, 6) is 1.18. The smallest absolute Gasteiger partial charge is 0.224 e. The van der Waals surface area contributed by atoms with E-state index in [0.717, 1.165) is 62.7 Å². The number of anilines is 2. The Morgan fingerprint density at radius 3 is 2.30 bits per heavy atom. The fourth-order valence-electron chi connectivity index (χ4n) is 4.20. The van der Waals surface area contributed by atoms with Gasteiger partial charge in [0.05, 0.1) is 0 Å². The summed E-state index contributed by atoms with van der Waals surface area (Å²) in [6.45, 7) is 5.35. The van der Waals surface area contributed by atoms with Crippen LogP contribution in [0, 0.1) is 5.92 Å². The van der Waals surface area contributed by atoms with Gasteiger partial charge in [0.15, 0.2) is 0 Å². The van der Waals surface area contributed by atoms with Gasteiger partial charge in [0, 0.05) is 50.4 Å². The van der Waals surface area contributed by atoms with E-state index in [4.69, 9.17) is 0 Å². The Morgan fingerprint density at radius 1 is 1.00 bits per heavy atom. The number of carbonyl (C=O) groups is 2. The first-order chi connectivity index (χ1) is 13.2. The van der Waals surface area contributed by atoms with Gasteiger partial charge in [-0.25, -0.2) is 0 Å². The zero-order valence-electron chi connectivity index (χ0n) is 16.6. The van der Waals surface area contributed by atoms with E-state index in [9.17, 15) is 9.59 Å². The number of hydrogen-bond donors (Lipinski definition) is 1. The van der Waals surface area contributed by atoms with Crippen molar-refractivity contribution in [3.8, 4) is 0 Å². The van der Waals surface area contributed by atoms with Crippen LogP contribution in [-0.2, 0) is 9.59 Å². The molecule has 5 heteroatoms. The van der Waals surface area contributed by atoms with Crippen molar-refractivity contribution >= 4 is 23.2 Å². The summed E-state index contributed by atoms with van der Waals surface area (Å²) in [6.07, 6.45) is 8.52. The first-order valence-electron chi connectivity index (χ1n) is 10.6. The van der Waals surface area contributed by atoms with E-state index in [2.05, 4.69) is 22.3 Å². The lowest BCUT2D eigenvalue weighted by atomic mass is 10.0. The fraction of sp³-hybridized carbons (Fsp3) is 0.636. The highest BCUT2D eigenvalue weighted by Crippen LogP contribution is 2.29. The van der Waals surface area contributed by atoms with E-state index in [1.807, 2.05) is 24.0 Å². The van der Waals surface area contributed by atoms with Gasteiger partial charge in [-0.1, -0.05) is 32.6 Å². The van der Waals surface area contributed by atoms with Crippen LogP contribution in [0.4, 0.5) is 11.4 Å². The molecule has 148 valence electrons. The van der Waals surface area contributed by atoms with Crippen molar-refractivity contribution in [2.24, 2.45) is 5.92 Å². The molecular formula is C22H33N3O2. The predicted molar refractivity (Wildman–Crippen MR) is 110 cm³/mol. The Kier molecular flexibility index (Phi) is 7.13. The van der Waals surface area contributed by atoms with Crippen molar-refractivity contribution in [1.82, 2.24) is 4.90 Å². The lowest BCUT2D eigenvalue weighted by molar-refractivity contribution is -0.131. The number of piperazine rings is 1. The average Bonchev–Trinajstić information content (AvgIpc) is 3.21. The number of carbonyl (C=O) groups excluding carboxylic acids is 2. The highest BCUT2D eigenvalue weighted by molar-refractivity contribution is 5.90. The van der Waals surface area contributed by atoms with Crippen LogP contribution >= 0.6 is 0 Å². The largest absolute Gasteiger partial charge is 0.368 e. The number of benzene rings is 1. The zero-order chi connectivity index (χ0) is 19.1. The second-order valence-electron chi connectivity index (χ2n) is 7.90. The minimum atomic E-state index is 0.0648. The van der Waals surface area contributed by atoms with Crippen molar-refractivity contribution in [2.45, 2.75) is 58.3 Å². The van der Waals surface area contributed by atoms with Crippen molar-refractivity contribution in [2.75, 3.05) is 36.4 Å². The van der Waals surface area contributed by atoms with Gasteiger partial charge in [-0.2, -0.15) is 0 Å². The first kappa shape index (κ1) is 19.7. The molecule has 0 aromatic heterocycles. The summed E-state index contributed by atoms with van der Waals surface area (Å²) in [4.78, 5) is 28.5. The molecule has 0 spiro atoms. The predicted octanol–water partition coefficient (Wildman–Crippen LogP) is 4.04. The lowest BCUT2D eigenvalue weighted by Crippen LogP contribution is -2.48. The van der Waals surface area contributed by atoms with Crippen LogP contribution in [-0.4, -0.2) is 42.9 Å². The molecule has 1 saturated carbocycles. The molecule has 2 aliphatic rings. The van der Waals surface area contributed by atoms with E-state index in [0.29, 0.717) is 12.3 Å². The lowest BCUT2D eigenvalue weighted by Gasteiger charge is -2.36. The molecule has 0 bridgehead atoms. The van der Waals surface area contributed by atoms with E-state index in [-0.39, 0.29) is 5.91 Å². The average molecular weight is 372 g/mol. The summed E-state index contributed by atoms with van der Waals surface area (Å²) in [5, 5.41) is 2.92. The molecule has 2 amide bonds. The van der Waals surface area contributed by atoms with Gasteiger partial charge in [-0.3, -0.25) is 9.59 Å². The summed E-state index contributed by atoms with van der Waals surface area (Å²) < 4.78 is 0. The van der Waals surface area contributed by atoms with Gasteiger partial charge >= 0.3 is 0 Å². The van der Waals surface area contributed by atoms with Gasteiger partial charge in [0.25, 0.3) is 0 Å². The molecule has 1 saturated heterocycles. The Bertz CT molecular complexity index is 615. The van der Waals surface area contributed by atoms with Crippen LogP contribution in [0.2, 0.25) is 0 Å². The first-order valence-corrected chi connectivity index (χ1v) is 10.6. The van der Waals surface area contributed by atoms with E-state index in [1.165, 1.54) is 25.7 Å². The summed E-state index contributed by atoms with van der Waals surface area (Å²) >= 11 is 0. The molecule has 27 heavy (non-hydrogen) atoms. The van der Waals surface area contributed by atoms with Crippen molar-refractivity contribution in [3.63, 3.8) is 0 Å². The van der Waals surface area contributed by atoms with Crippen molar-refractivity contribution in [1.29, 1.82) is 0 Å². The van der Waals surface area contributed by atoms with Crippen LogP contribution < -0.4 is 10.2 Å². The number of hydrogen-bond acceptors (Lipinski definition) is 3. The second kappa shape index (κ2) is 9.77. The molecule has 0 atom stereocenters. The maximum Gasteiger partial charge on any atom is 0.224 e. The van der Waals surface area contributed by atoms with Gasteiger partial charge in [0.2, 0.25) is 11.8 Å². The third kappa shape index (κ3) is 5.72. The number of nitrogens with zero attached hydrogens (tertiary/aromatic N) is 2. The molecule has 1 aliphatic carbocycles. The Balaban J connectivity index is 1.43. The molecule has 0 radical (unpaired) electrons. The Hall–Kier alpha value is -2.04. The number of rotatable bonds is 7. The van der Waals surface area contributed by atoms with E-state index in [1.54, 1.807) is 0 Å². The SMILES string of the molecule is CCCC(=O)Nc1ccc(N2CCN(C(=O)CCC3CCCC3)CC2)cc1. The molecule has 1 aromatic carbocycles. The summed E-state index contributed by atoms with van der Waals surface area (Å²) in [6, 6.07) is 8.03. The maximum absolute atomic E-state index is 12.5. The molecule has 1 heterocycles. The monoisotopic (exact) mass is 371 g/mol. The van der Waals surface area contributed by atoms with Crippen LogP contribution in [0.1, 0.15) is 58.3 Å². The number of amides is 2. The quantitative estimate of drug-likeness (QED) is 0.787. The number of nitrogens with one attached hydrogen (secondary N) is 1. The molecule has 1 aromatic rings.